The average molecular weight is 341 g/mol. The molecule has 2 aromatic rings. The van der Waals surface area contributed by atoms with Gasteiger partial charge in [0.15, 0.2) is 0 Å². The zero-order valence-corrected chi connectivity index (χ0v) is 14.4. The SMILES string of the molecule is COc1ccc(CNC(=O)Nc2cc(N3CCCCC3)ncn2)cc1. The van der Waals surface area contributed by atoms with Crippen LogP contribution in [-0.2, 0) is 6.54 Å². The number of ether oxygens (including phenoxy) is 1. The van der Waals surface area contributed by atoms with E-state index >= 15 is 0 Å². The third kappa shape index (κ3) is 4.82. The summed E-state index contributed by atoms with van der Waals surface area (Å²) in [6.07, 6.45) is 5.10. The molecule has 1 aliphatic heterocycles. The normalized spacial score (nSPS) is 14.0. The molecule has 1 saturated heterocycles. The van der Waals surface area contributed by atoms with Crippen molar-refractivity contribution < 1.29 is 9.53 Å². The Morgan fingerprint density at radius 1 is 1.16 bits per heavy atom. The van der Waals surface area contributed by atoms with Gasteiger partial charge in [-0.3, -0.25) is 5.32 Å². The van der Waals surface area contributed by atoms with E-state index in [-0.39, 0.29) is 6.03 Å². The maximum Gasteiger partial charge on any atom is 0.320 e. The number of piperidine rings is 1. The van der Waals surface area contributed by atoms with Gasteiger partial charge in [-0.05, 0) is 37.0 Å². The minimum atomic E-state index is -0.292. The molecule has 0 atom stereocenters. The van der Waals surface area contributed by atoms with E-state index in [1.54, 1.807) is 7.11 Å². The Morgan fingerprint density at radius 2 is 1.92 bits per heavy atom. The summed E-state index contributed by atoms with van der Waals surface area (Å²) in [5.74, 6) is 2.15. The quantitative estimate of drug-likeness (QED) is 0.874. The Labute approximate surface area is 147 Å². The number of carbonyl (C=O) groups is 1. The van der Waals surface area contributed by atoms with Crippen molar-refractivity contribution in [2.45, 2.75) is 25.8 Å². The van der Waals surface area contributed by atoms with Gasteiger partial charge < -0.3 is 15.0 Å². The molecule has 1 aromatic heterocycles. The van der Waals surface area contributed by atoms with E-state index in [4.69, 9.17) is 4.74 Å². The molecule has 3 rings (SSSR count). The second-order valence-electron chi connectivity index (χ2n) is 5.96. The number of nitrogens with zero attached hydrogens (tertiary/aromatic N) is 3. The molecule has 0 saturated carbocycles. The van der Waals surface area contributed by atoms with E-state index in [9.17, 15) is 4.79 Å². The largest absolute Gasteiger partial charge is 0.497 e. The van der Waals surface area contributed by atoms with E-state index in [1.807, 2.05) is 30.3 Å². The van der Waals surface area contributed by atoms with Crippen LogP contribution < -0.4 is 20.3 Å². The number of nitrogens with one attached hydrogen (secondary N) is 2. The number of amides is 2. The predicted molar refractivity (Wildman–Crippen MR) is 96.9 cm³/mol. The number of hydrogen-bond acceptors (Lipinski definition) is 5. The highest BCUT2D eigenvalue weighted by Crippen LogP contribution is 2.19. The number of aromatic nitrogens is 2. The number of carbonyl (C=O) groups excluding carboxylic acids is 1. The molecule has 1 aliphatic rings. The lowest BCUT2D eigenvalue weighted by Gasteiger charge is -2.27. The zero-order valence-electron chi connectivity index (χ0n) is 14.4. The van der Waals surface area contributed by atoms with Crippen LogP contribution >= 0.6 is 0 Å². The van der Waals surface area contributed by atoms with Crippen molar-refractivity contribution >= 4 is 17.7 Å². The standard InChI is InChI=1S/C18H23N5O2/c1-25-15-7-5-14(6-8-15)12-19-18(24)22-16-11-17(21-13-20-16)23-9-3-2-4-10-23/h5-8,11,13H,2-4,9-10,12H2,1H3,(H2,19,20,21,22,24). The fourth-order valence-corrected chi connectivity index (χ4v) is 2.80. The highest BCUT2D eigenvalue weighted by molar-refractivity contribution is 5.88. The summed E-state index contributed by atoms with van der Waals surface area (Å²) in [5.41, 5.74) is 0.993. The van der Waals surface area contributed by atoms with Gasteiger partial charge in [-0.25, -0.2) is 14.8 Å². The first-order chi connectivity index (χ1) is 12.2. The molecule has 0 spiro atoms. The maximum absolute atomic E-state index is 12.1. The summed E-state index contributed by atoms with van der Waals surface area (Å²) in [7, 11) is 1.63. The summed E-state index contributed by atoms with van der Waals surface area (Å²) in [6, 6.07) is 9.09. The van der Waals surface area contributed by atoms with Crippen LogP contribution in [0.1, 0.15) is 24.8 Å². The number of urea groups is 1. The predicted octanol–water partition coefficient (Wildman–Crippen LogP) is 2.80. The second-order valence-corrected chi connectivity index (χ2v) is 5.96. The van der Waals surface area contributed by atoms with Crippen LogP contribution in [0, 0.1) is 0 Å². The van der Waals surface area contributed by atoms with Crippen molar-refractivity contribution in [1.29, 1.82) is 0 Å². The monoisotopic (exact) mass is 341 g/mol. The van der Waals surface area contributed by atoms with Gasteiger partial charge in [-0.15, -0.1) is 0 Å². The molecule has 0 bridgehead atoms. The van der Waals surface area contributed by atoms with Gasteiger partial charge in [0.1, 0.15) is 23.7 Å². The molecule has 25 heavy (non-hydrogen) atoms. The molecule has 2 N–H and O–H groups in total. The molecule has 2 amide bonds. The number of anilines is 2. The summed E-state index contributed by atoms with van der Waals surface area (Å²) in [5, 5.41) is 5.58. The van der Waals surface area contributed by atoms with Crippen molar-refractivity contribution in [3.8, 4) is 5.75 Å². The first kappa shape index (κ1) is 17.0. The van der Waals surface area contributed by atoms with Crippen LogP contribution in [0.3, 0.4) is 0 Å². The molecule has 0 aliphatic carbocycles. The van der Waals surface area contributed by atoms with E-state index in [1.165, 1.54) is 25.6 Å². The lowest BCUT2D eigenvalue weighted by atomic mass is 10.1. The summed E-state index contributed by atoms with van der Waals surface area (Å²) >= 11 is 0. The smallest absolute Gasteiger partial charge is 0.320 e. The second kappa shape index (κ2) is 8.32. The molecule has 2 heterocycles. The lowest BCUT2D eigenvalue weighted by Crippen LogP contribution is -2.31. The molecular formula is C18H23N5O2. The van der Waals surface area contributed by atoms with Crippen molar-refractivity contribution in [2.75, 3.05) is 30.4 Å². The first-order valence-electron chi connectivity index (χ1n) is 8.49. The first-order valence-corrected chi connectivity index (χ1v) is 8.49. The van der Waals surface area contributed by atoms with Crippen LogP contribution in [0.5, 0.6) is 5.75 Å². The number of methoxy groups -OCH3 is 1. The van der Waals surface area contributed by atoms with E-state index in [0.29, 0.717) is 12.4 Å². The van der Waals surface area contributed by atoms with Crippen LogP contribution in [0.15, 0.2) is 36.7 Å². The third-order valence-corrected chi connectivity index (χ3v) is 4.19. The fraction of sp³-hybridized carbons (Fsp3) is 0.389. The third-order valence-electron chi connectivity index (χ3n) is 4.19. The van der Waals surface area contributed by atoms with Crippen molar-refractivity contribution in [2.24, 2.45) is 0 Å². The van der Waals surface area contributed by atoms with Gasteiger partial charge >= 0.3 is 6.03 Å². The molecule has 1 fully saturated rings. The van der Waals surface area contributed by atoms with Gasteiger partial charge in [-0.2, -0.15) is 0 Å². The Kier molecular flexibility index (Phi) is 5.66. The topological polar surface area (TPSA) is 79.4 Å². The van der Waals surface area contributed by atoms with Crippen molar-refractivity contribution in [3.05, 3.63) is 42.2 Å². The highest BCUT2D eigenvalue weighted by atomic mass is 16.5. The molecule has 1 aromatic carbocycles. The molecule has 7 nitrogen and oxygen atoms in total. The molecular weight excluding hydrogens is 318 g/mol. The lowest BCUT2D eigenvalue weighted by molar-refractivity contribution is 0.251. The summed E-state index contributed by atoms with van der Waals surface area (Å²) < 4.78 is 5.12. The molecule has 132 valence electrons. The Hall–Kier alpha value is -2.83. The highest BCUT2D eigenvalue weighted by Gasteiger charge is 2.13. The Morgan fingerprint density at radius 3 is 2.64 bits per heavy atom. The van der Waals surface area contributed by atoms with Gasteiger partial charge in [0.25, 0.3) is 0 Å². The van der Waals surface area contributed by atoms with E-state index < -0.39 is 0 Å². The molecule has 0 radical (unpaired) electrons. The maximum atomic E-state index is 12.1. The minimum absolute atomic E-state index is 0.292. The van der Waals surface area contributed by atoms with E-state index in [2.05, 4.69) is 25.5 Å². The summed E-state index contributed by atoms with van der Waals surface area (Å²) in [6.45, 7) is 2.43. The number of benzene rings is 1. The van der Waals surface area contributed by atoms with Crippen LogP contribution in [0.25, 0.3) is 0 Å². The summed E-state index contributed by atoms with van der Waals surface area (Å²) in [4.78, 5) is 22.7. The van der Waals surface area contributed by atoms with E-state index in [0.717, 1.165) is 30.2 Å². The van der Waals surface area contributed by atoms with Gasteiger partial charge in [0, 0.05) is 25.7 Å². The fourth-order valence-electron chi connectivity index (χ4n) is 2.80. The number of hydrogen-bond donors (Lipinski definition) is 2. The van der Waals surface area contributed by atoms with Crippen molar-refractivity contribution in [1.82, 2.24) is 15.3 Å². The van der Waals surface area contributed by atoms with Crippen molar-refractivity contribution in [3.63, 3.8) is 0 Å². The zero-order chi connectivity index (χ0) is 17.5. The van der Waals surface area contributed by atoms with Crippen LogP contribution in [-0.4, -0.2) is 36.2 Å². The van der Waals surface area contributed by atoms with Gasteiger partial charge in [0.2, 0.25) is 0 Å². The Balaban J connectivity index is 1.53. The number of rotatable bonds is 5. The molecule has 7 heteroatoms. The van der Waals surface area contributed by atoms with Gasteiger partial charge in [0.05, 0.1) is 7.11 Å². The average Bonchev–Trinajstić information content (AvgIpc) is 2.68. The minimum Gasteiger partial charge on any atom is -0.497 e. The Bertz CT molecular complexity index is 699. The molecule has 0 unspecified atom stereocenters. The van der Waals surface area contributed by atoms with Gasteiger partial charge in [-0.1, -0.05) is 12.1 Å². The van der Waals surface area contributed by atoms with Crippen LogP contribution in [0.4, 0.5) is 16.4 Å². The van der Waals surface area contributed by atoms with Crippen LogP contribution in [0.2, 0.25) is 0 Å².